The van der Waals surface area contributed by atoms with Gasteiger partial charge >= 0.3 is 5.97 Å². The summed E-state index contributed by atoms with van der Waals surface area (Å²) in [6, 6.07) is 11.2. The van der Waals surface area contributed by atoms with Crippen LogP contribution in [0.3, 0.4) is 0 Å². The van der Waals surface area contributed by atoms with Crippen LogP contribution in [0, 0.1) is 0 Å². The lowest BCUT2D eigenvalue weighted by Gasteiger charge is -2.25. The molecule has 1 aliphatic rings. The number of fused-ring (bicyclic) bond motifs is 2. The number of rotatable bonds is 7. The lowest BCUT2D eigenvalue weighted by molar-refractivity contribution is 0.0585. The highest BCUT2D eigenvalue weighted by Gasteiger charge is 2.42. The van der Waals surface area contributed by atoms with E-state index >= 15 is 0 Å². The van der Waals surface area contributed by atoms with Crippen molar-refractivity contribution >= 4 is 38.8 Å². The Hall–Kier alpha value is -2.97. The lowest BCUT2D eigenvalue weighted by Crippen LogP contribution is -2.31. The highest BCUT2D eigenvalue weighted by Crippen LogP contribution is 2.38. The summed E-state index contributed by atoms with van der Waals surface area (Å²) in [5.74, 6) is -0.734. The minimum Gasteiger partial charge on any atom is -0.465 e. The van der Waals surface area contributed by atoms with Gasteiger partial charge in [0.15, 0.2) is 5.43 Å². The molecular weight excluding hydrogens is 490 g/mol. The van der Waals surface area contributed by atoms with Gasteiger partial charge < -0.3 is 18.8 Å². The Kier molecular flexibility index (Phi) is 6.67. The zero-order valence-electron chi connectivity index (χ0n) is 18.6. The number of amides is 1. The summed E-state index contributed by atoms with van der Waals surface area (Å²) in [5.41, 5.74) is 1.52. The number of carbonyl (C=O) groups is 2. The van der Waals surface area contributed by atoms with Crippen molar-refractivity contribution in [2.24, 2.45) is 0 Å². The first-order valence-corrected chi connectivity index (χ1v) is 11.5. The van der Waals surface area contributed by atoms with E-state index in [2.05, 4.69) is 15.9 Å². The molecule has 0 spiro atoms. The zero-order valence-corrected chi connectivity index (χ0v) is 20.2. The van der Waals surface area contributed by atoms with E-state index in [0.29, 0.717) is 47.2 Å². The summed E-state index contributed by atoms with van der Waals surface area (Å²) >= 11 is 3.40. The van der Waals surface area contributed by atoms with Crippen LogP contribution in [-0.2, 0) is 9.47 Å². The second-order valence-electron chi connectivity index (χ2n) is 8.10. The molecule has 0 N–H and O–H groups in total. The molecule has 3 aromatic rings. The number of hydrogen-bond donors (Lipinski definition) is 0. The molecule has 2 aromatic carbocycles. The van der Waals surface area contributed by atoms with Gasteiger partial charge in [0.05, 0.1) is 35.8 Å². The second-order valence-corrected chi connectivity index (χ2v) is 9.02. The number of halogens is 1. The number of esters is 1. The van der Waals surface area contributed by atoms with Crippen molar-refractivity contribution in [1.82, 2.24) is 4.90 Å². The Morgan fingerprint density at radius 2 is 1.88 bits per heavy atom. The highest BCUT2D eigenvalue weighted by molar-refractivity contribution is 9.10. The van der Waals surface area contributed by atoms with Gasteiger partial charge in [-0.3, -0.25) is 9.59 Å². The van der Waals surface area contributed by atoms with Gasteiger partial charge in [-0.2, -0.15) is 0 Å². The summed E-state index contributed by atoms with van der Waals surface area (Å²) in [5, 5.41) is 0.400. The molecule has 0 radical (unpaired) electrons. The number of hydrogen-bond acceptors (Lipinski definition) is 6. The van der Waals surface area contributed by atoms with Gasteiger partial charge in [0.25, 0.3) is 5.91 Å². The quantitative estimate of drug-likeness (QED) is 0.336. The van der Waals surface area contributed by atoms with Crippen LogP contribution in [0.5, 0.6) is 0 Å². The average Bonchev–Trinajstić information content (AvgIpc) is 3.08. The minimum atomic E-state index is -0.627. The smallest absolute Gasteiger partial charge is 0.337 e. The van der Waals surface area contributed by atoms with Crippen molar-refractivity contribution < 1.29 is 23.5 Å². The van der Waals surface area contributed by atoms with E-state index in [1.807, 2.05) is 13.8 Å². The molecule has 33 heavy (non-hydrogen) atoms. The number of benzene rings is 2. The van der Waals surface area contributed by atoms with Crippen LogP contribution >= 0.6 is 15.9 Å². The fourth-order valence-electron chi connectivity index (χ4n) is 4.04. The summed E-state index contributed by atoms with van der Waals surface area (Å²) in [4.78, 5) is 40.4. The number of methoxy groups -OCH3 is 1. The third kappa shape index (κ3) is 4.45. The Labute approximate surface area is 199 Å². The van der Waals surface area contributed by atoms with Crippen molar-refractivity contribution in [3.63, 3.8) is 0 Å². The predicted octanol–water partition coefficient (Wildman–Crippen LogP) is 4.70. The maximum absolute atomic E-state index is 13.5. The fraction of sp³-hybridized carbons (Fsp3) is 0.320. The van der Waals surface area contributed by atoms with E-state index < -0.39 is 12.0 Å². The Balaban J connectivity index is 1.80. The molecule has 1 unspecified atom stereocenters. The van der Waals surface area contributed by atoms with Crippen LogP contribution in [0.4, 0.5) is 0 Å². The van der Waals surface area contributed by atoms with Gasteiger partial charge in [-0.15, -0.1) is 0 Å². The van der Waals surface area contributed by atoms with Crippen LogP contribution in [0.25, 0.3) is 11.0 Å². The predicted molar refractivity (Wildman–Crippen MR) is 127 cm³/mol. The SMILES string of the molecule is COC(=O)c1ccc(C2c3c(oc4ccc(Br)cc4c3=O)C(=O)N2CCCOC(C)C)cc1. The fourth-order valence-corrected chi connectivity index (χ4v) is 4.40. The van der Waals surface area contributed by atoms with Crippen LogP contribution in [0.1, 0.15) is 58.3 Å². The molecule has 1 atom stereocenters. The van der Waals surface area contributed by atoms with Gasteiger partial charge in [0.1, 0.15) is 5.58 Å². The van der Waals surface area contributed by atoms with E-state index in [1.54, 1.807) is 47.4 Å². The number of carbonyl (C=O) groups excluding carboxylic acids is 2. The summed E-state index contributed by atoms with van der Waals surface area (Å²) in [6.45, 7) is 4.78. The normalized spacial score (nSPS) is 15.4. The van der Waals surface area contributed by atoms with Gasteiger partial charge in [-0.1, -0.05) is 28.1 Å². The molecule has 0 saturated heterocycles. The standard InChI is InChI=1S/C25H24BrNO6/c1-14(2)32-12-4-11-27-21(15-5-7-16(8-6-15)25(30)31-3)20-22(28)18-13-17(26)9-10-19(18)33-23(20)24(27)29/h5-10,13-14,21H,4,11-12H2,1-3H3. The first kappa shape index (κ1) is 23.2. The van der Waals surface area contributed by atoms with Crippen LogP contribution in [0.15, 0.2) is 56.1 Å². The second kappa shape index (κ2) is 9.49. The maximum atomic E-state index is 13.5. The van der Waals surface area contributed by atoms with E-state index in [4.69, 9.17) is 13.9 Å². The van der Waals surface area contributed by atoms with Gasteiger partial charge in [-0.05, 0) is 56.2 Å². The van der Waals surface area contributed by atoms with Crippen LogP contribution in [-0.4, -0.2) is 43.1 Å². The minimum absolute atomic E-state index is 0.0571. The Bertz CT molecular complexity index is 1260. The van der Waals surface area contributed by atoms with Gasteiger partial charge in [0.2, 0.25) is 5.76 Å². The third-order valence-electron chi connectivity index (χ3n) is 5.57. The molecule has 4 rings (SSSR count). The van der Waals surface area contributed by atoms with Crippen molar-refractivity contribution in [2.45, 2.75) is 32.4 Å². The van der Waals surface area contributed by atoms with E-state index in [1.165, 1.54) is 7.11 Å². The summed E-state index contributed by atoms with van der Waals surface area (Å²) in [7, 11) is 1.32. The van der Waals surface area contributed by atoms with Crippen molar-refractivity contribution in [1.29, 1.82) is 0 Å². The van der Waals surface area contributed by atoms with Crippen LogP contribution < -0.4 is 5.43 Å². The molecule has 0 bridgehead atoms. The molecule has 7 nitrogen and oxygen atoms in total. The van der Waals surface area contributed by atoms with E-state index in [9.17, 15) is 14.4 Å². The maximum Gasteiger partial charge on any atom is 0.337 e. The molecule has 0 saturated carbocycles. The monoisotopic (exact) mass is 513 g/mol. The average molecular weight is 514 g/mol. The first-order chi connectivity index (χ1) is 15.8. The number of nitrogens with zero attached hydrogens (tertiary/aromatic N) is 1. The highest BCUT2D eigenvalue weighted by atomic mass is 79.9. The summed E-state index contributed by atoms with van der Waals surface area (Å²) in [6.07, 6.45) is 0.693. The van der Waals surface area contributed by atoms with Crippen molar-refractivity contribution in [3.05, 3.63) is 79.6 Å². The Morgan fingerprint density at radius 1 is 1.15 bits per heavy atom. The molecule has 0 aliphatic carbocycles. The molecule has 1 aromatic heterocycles. The van der Waals surface area contributed by atoms with Crippen molar-refractivity contribution in [3.8, 4) is 0 Å². The molecule has 1 aliphatic heterocycles. The zero-order chi connectivity index (χ0) is 23.7. The molecular formula is C25H24BrNO6. The summed E-state index contributed by atoms with van der Waals surface area (Å²) < 4.78 is 17.1. The molecule has 0 fully saturated rings. The first-order valence-electron chi connectivity index (χ1n) is 10.7. The van der Waals surface area contributed by atoms with Crippen LogP contribution in [0.2, 0.25) is 0 Å². The molecule has 1 amide bonds. The Morgan fingerprint density at radius 3 is 2.55 bits per heavy atom. The van der Waals surface area contributed by atoms with Crippen molar-refractivity contribution in [2.75, 3.05) is 20.3 Å². The topological polar surface area (TPSA) is 86.0 Å². The van der Waals surface area contributed by atoms with E-state index in [-0.39, 0.29) is 23.2 Å². The number of ether oxygens (including phenoxy) is 2. The van der Waals surface area contributed by atoms with Gasteiger partial charge in [0, 0.05) is 17.6 Å². The molecule has 172 valence electrons. The molecule has 8 heteroatoms. The largest absolute Gasteiger partial charge is 0.465 e. The van der Waals surface area contributed by atoms with Gasteiger partial charge in [-0.25, -0.2) is 4.79 Å². The lowest BCUT2D eigenvalue weighted by atomic mass is 9.97. The molecule has 2 heterocycles. The third-order valence-corrected chi connectivity index (χ3v) is 6.06. The van der Waals surface area contributed by atoms with E-state index in [0.717, 1.165) is 4.47 Å².